The molecule has 2 rings (SSSR count). The lowest BCUT2D eigenvalue weighted by Crippen LogP contribution is -1.96. The van der Waals surface area contributed by atoms with Crippen LogP contribution in [0, 0.1) is 5.41 Å². The standard InChI is InChI=1S/C11H8BrN3O2/c12-6-1-8(9(3-13)10(14)2-6)11-15-4-7(5-16)17-11/h1-5,13H,14H2. The lowest BCUT2D eigenvalue weighted by molar-refractivity contribution is 0.110. The Bertz CT molecular complexity index is 592. The second-order valence-electron chi connectivity index (χ2n) is 3.29. The first kappa shape index (κ1) is 11.5. The second kappa shape index (κ2) is 4.50. The van der Waals surface area contributed by atoms with E-state index in [4.69, 9.17) is 15.6 Å². The van der Waals surface area contributed by atoms with E-state index in [2.05, 4.69) is 20.9 Å². The number of rotatable bonds is 3. The SMILES string of the molecule is N=Cc1c(N)cc(Br)cc1-c1ncc(C=O)o1. The first-order chi connectivity index (χ1) is 8.15. The fraction of sp³-hybridized carbons (Fsp3) is 0. The maximum absolute atomic E-state index is 10.5. The number of nitrogens with one attached hydrogen (secondary N) is 1. The smallest absolute Gasteiger partial charge is 0.227 e. The molecule has 0 saturated carbocycles. The summed E-state index contributed by atoms with van der Waals surface area (Å²) in [5.74, 6) is 0.396. The zero-order valence-electron chi connectivity index (χ0n) is 8.61. The van der Waals surface area contributed by atoms with Crippen molar-refractivity contribution in [2.45, 2.75) is 0 Å². The third kappa shape index (κ3) is 2.12. The highest BCUT2D eigenvalue weighted by atomic mass is 79.9. The highest BCUT2D eigenvalue weighted by Gasteiger charge is 2.13. The molecule has 1 aromatic heterocycles. The topological polar surface area (TPSA) is 93.0 Å². The lowest BCUT2D eigenvalue weighted by Gasteiger charge is -2.06. The van der Waals surface area contributed by atoms with Gasteiger partial charge in [-0.2, -0.15) is 0 Å². The summed E-state index contributed by atoms with van der Waals surface area (Å²) in [6, 6.07) is 3.42. The van der Waals surface area contributed by atoms with Gasteiger partial charge in [-0.25, -0.2) is 4.98 Å². The number of nitrogen functional groups attached to an aromatic ring is 1. The lowest BCUT2D eigenvalue weighted by atomic mass is 10.1. The molecule has 0 amide bonds. The molecule has 2 aromatic rings. The number of oxazole rings is 1. The van der Waals surface area contributed by atoms with Crippen LogP contribution in [0.25, 0.3) is 11.5 Å². The Kier molecular flexibility index (Phi) is 3.06. The van der Waals surface area contributed by atoms with Crippen molar-refractivity contribution >= 4 is 34.1 Å². The van der Waals surface area contributed by atoms with Gasteiger partial charge in [-0.05, 0) is 12.1 Å². The van der Waals surface area contributed by atoms with Crippen LogP contribution in [-0.4, -0.2) is 17.5 Å². The molecular weight excluding hydrogens is 286 g/mol. The molecule has 0 spiro atoms. The minimum absolute atomic E-state index is 0.134. The number of nitrogens with two attached hydrogens (primary N) is 1. The van der Waals surface area contributed by atoms with Gasteiger partial charge in [0.2, 0.25) is 5.89 Å². The number of carbonyl (C=O) groups excluding carboxylic acids is 1. The third-order valence-corrected chi connectivity index (χ3v) is 2.65. The van der Waals surface area contributed by atoms with Gasteiger partial charge < -0.3 is 15.6 Å². The van der Waals surface area contributed by atoms with Gasteiger partial charge in [-0.3, -0.25) is 4.79 Å². The Morgan fingerprint density at radius 1 is 1.47 bits per heavy atom. The van der Waals surface area contributed by atoms with Gasteiger partial charge in [0.15, 0.2) is 12.0 Å². The molecule has 0 atom stereocenters. The highest BCUT2D eigenvalue weighted by Crippen LogP contribution is 2.30. The fourth-order valence-electron chi connectivity index (χ4n) is 1.44. The van der Waals surface area contributed by atoms with Gasteiger partial charge in [0.05, 0.1) is 6.20 Å². The van der Waals surface area contributed by atoms with Crippen LogP contribution in [0.2, 0.25) is 0 Å². The Morgan fingerprint density at radius 3 is 2.82 bits per heavy atom. The molecule has 0 aliphatic carbocycles. The zero-order valence-corrected chi connectivity index (χ0v) is 10.2. The summed E-state index contributed by atoms with van der Waals surface area (Å²) >= 11 is 3.30. The zero-order chi connectivity index (χ0) is 12.4. The number of halogens is 1. The van der Waals surface area contributed by atoms with Gasteiger partial charge in [0.25, 0.3) is 0 Å². The van der Waals surface area contributed by atoms with E-state index < -0.39 is 0 Å². The van der Waals surface area contributed by atoms with Gasteiger partial charge in [-0.15, -0.1) is 0 Å². The first-order valence-electron chi connectivity index (χ1n) is 4.66. The molecule has 0 aliphatic rings. The number of nitrogens with zero attached hydrogens (tertiary/aromatic N) is 1. The molecule has 1 aromatic carbocycles. The average molecular weight is 294 g/mol. The van der Waals surface area contributed by atoms with E-state index in [1.165, 1.54) is 6.20 Å². The van der Waals surface area contributed by atoms with Crippen molar-refractivity contribution in [3.8, 4) is 11.5 Å². The van der Waals surface area contributed by atoms with Gasteiger partial charge in [-0.1, -0.05) is 15.9 Å². The maximum atomic E-state index is 10.5. The Labute approximate surface area is 105 Å². The minimum Gasteiger partial charge on any atom is -0.433 e. The van der Waals surface area contributed by atoms with Crippen molar-refractivity contribution in [3.63, 3.8) is 0 Å². The molecule has 3 N–H and O–H groups in total. The van der Waals surface area contributed by atoms with E-state index in [0.717, 1.165) is 10.7 Å². The van der Waals surface area contributed by atoms with Crippen LogP contribution in [0.15, 0.2) is 27.2 Å². The first-order valence-corrected chi connectivity index (χ1v) is 5.46. The van der Waals surface area contributed by atoms with Crippen molar-refractivity contribution in [2.75, 3.05) is 5.73 Å². The molecule has 1 heterocycles. The molecule has 0 saturated heterocycles. The largest absolute Gasteiger partial charge is 0.433 e. The summed E-state index contributed by atoms with van der Waals surface area (Å²) in [6.07, 6.45) is 3.02. The van der Waals surface area contributed by atoms with Crippen LogP contribution in [0.4, 0.5) is 5.69 Å². The van der Waals surface area contributed by atoms with Crippen LogP contribution < -0.4 is 5.73 Å². The number of anilines is 1. The van der Waals surface area contributed by atoms with Gasteiger partial charge in [0.1, 0.15) is 0 Å². The van der Waals surface area contributed by atoms with Crippen molar-refractivity contribution in [3.05, 3.63) is 34.1 Å². The van der Waals surface area contributed by atoms with E-state index in [9.17, 15) is 4.79 Å². The van der Waals surface area contributed by atoms with E-state index in [1.54, 1.807) is 12.1 Å². The van der Waals surface area contributed by atoms with E-state index in [0.29, 0.717) is 23.1 Å². The number of aldehydes is 1. The molecule has 17 heavy (non-hydrogen) atoms. The minimum atomic E-state index is 0.134. The Hall–Kier alpha value is -1.95. The van der Waals surface area contributed by atoms with Crippen molar-refractivity contribution < 1.29 is 9.21 Å². The molecule has 0 fully saturated rings. The molecule has 0 unspecified atom stereocenters. The summed E-state index contributed by atoms with van der Waals surface area (Å²) in [7, 11) is 0. The third-order valence-electron chi connectivity index (χ3n) is 2.19. The molecule has 0 bridgehead atoms. The second-order valence-corrected chi connectivity index (χ2v) is 4.20. The number of hydrogen-bond donors (Lipinski definition) is 2. The van der Waals surface area contributed by atoms with Crippen molar-refractivity contribution in [1.82, 2.24) is 4.98 Å². The number of hydrogen-bond acceptors (Lipinski definition) is 5. The fourth-order valence-corrected chi connectivity index (χ4v) is 1.92. The van der Waals surface area contributed by atoms with Crippen LogP contribution >= 0.6 is 15.9 Å². The highest BCUT2D eigenvalue weighted by molar-refractivity contribution is 9.10. The number of aromatic nitrogens is 1. The molecular formula is C11H8BrN3O2. The monoisotopic (exact) mass is 293 g/mol. The quantitative estimate of drug-likeness (QED) is 0.516. The van der Waals surface area contributed by atoms with Crippen LogP contribution in [-0.2, 0) is 0 Å². The Balaban J connectivity index is 2.64. The van der Waals surface area contributed by atoms with Crippen LogP contribution in [0.1, 0.15) is 16.1 Å². The van der Waals surface area contributed by atoms with Crippen LogP contribution in [0.5, 0.6) is 0 Å². The summed E-state index contributed by atoms with van der Waals surface area (Å²) in [5, 5.41) is 7.34. The summed E-state index contributed by atoms with van der Waals surface area (Å²) in [6.45, 7) is 0. The van der Waals surface area contributed by atoms with Crippen molar-refractivity contribution in [1.29, 1.82) is 5.41 Å². The van der Waals surface area contributed by atoms with E-state index in [-0.39, 0.29) is 11.7 Å². The number of carbonyl (C=O) groups is 1. The molecule has 5 nitrogen and oxygen atoms in total. The molecule has 6 heteroatoms. The summed E-state index contributed by atoms with van der Waals surface area (Å²) < 4.78 is 5.96. The van der Waals surface area contributed by atoms with Crippen molar-refractivity contribution in [2.24, 2.45) is 0 Å². The van der Waals surface area contributed by atoms with Crippen LogP contribution in [0.3, 0.4) is 0 Å². The average Bonchev–Trinajstić information content (AvgIpc) is 2.76. The Morgan fingerprint density at radius 2 is 2.24 bits per heavy atom. The molecule has 86 valence electrons. The predicted octanol–water partition coefficient (Wildman–Crippen LogP) is 2.50. The van der Waals surface area contributed by atoms with E-state index in [1.807, 2.05) is 0 Å². The normalized spacial score (nSPS) is 10.2. The predicted molar refractivity (Wildman–Crippen MR) is 67.3 cm³/mol. The molecule has 0 aliphatic heterocycles. The van der Waals surface area contributed by atoms with E-state index >= 15 is 0 Å². The van der Waals surface area contributed by atoms with Gasteiger partial charge >= 0.3 is 0 Å². The number of benzene rings is 1. The summed E-state index contributed by atoms with van der Waals surface area (Å²) in [5.41, 5.74) is 7.31. The molecule has 0 radical (unpaired) electrons. The van der Waals surface area contributed by atoms with Gasteiger partial charge in [0, 0.05) is 27.5 Å². The maximum Gasteiger partial charge on any atom is 0.227 e. The summed E-state index contributed by atoms with van der Waals surface area (Å²) in [4.78, 5) is 14.5.